The van der Waals surface area contributed by atoms with E-state index in [1.807, 2.05) is 60.7 Å². The molecule has 31 heavy (non-hydrogen) atoms. The largest absolute Gasteiger partial charge is 0.310 e. The van der Waals surface area contributed by atoms with Gasteiger partial charge in [-0.2, -0.15) is 0 Å². The van der Waals surface area contributed by atoms with E-state index in [1.54, 1.807) is 0 Å². The summed E-state index contributed by atoms with van der Waals surface area (Å²) in [6.07, 6.45) is 0. The monoisotopic (exact) mass is 469 g/mol. The van der Waals surface area contributed by atoms with Gasteiger partial charge in [0.1, 0.15) is 4.32 Å². The summed E-state index contributed by atoms with van der Waals surface area (Å²) in [5, 5.41) is 0. The van der Waals surface area contributed by atoms with Crippen LogP contribution in [0.25, 0.3) is 0 Å². The summed E-state index contributed by atoms with van der Waals surface area (Å²) in [6, 6.07) is 28.4. The summed E-state index contributed by atoms with van der Waals surface area (Å²) in [7, 11) is -3.55. The molecule has 0 aromatic heterocycles. The van der Waals surface area contributed by atoms with Crippen LogP contribution < -0.4 is 4.72 Å². The van der Waals surface area contributed by atoms with Gasteiger partial charge in [0.2, 0.25) is 0 Å². The zero-order valence-electron chi connectivity index (χ0n) is 18.4. The number of hydrogen-bond acceptors (Lipinski definition) is 2. The van der Waals surface area contributed by atoms with Crippen molar-refractivity contribution in [2.24, 2.45) is 0 Å². The number of thiol groups is 1. The molecule has 0 aliphatic heterocycles. The minimum atomic E-state index is -3.55. The van der Waals surface area contributed by atoms with Gasteiger partial charge in [-0.3, -0.25) is 4.21 Å². The predicted molar refractivity (Wildman–Crippen MR) is 142 cm³/mol. The first kappa shape index (κ1) is 23.7. The first-order valence-electron chi connectivity index (χ1n) is 10.4. The predicted octanol–water partition coefficient (Wildman–Crippen LogP) is 6.42. The molecular weight excluding hydrogens is 438 g/mol. The topological polar surface area (TPSA) is 29.1 Å². The quantitative estimate of drug-likeness (QED) is 0.309. The molecule has 0 heterocycles. The van der Waals surface area contributed by atoms with Crippen LogP contribution in [0.5, 0.6) is 0 Å². The third-order valence-corrected chi connectivity index (χ3v) is 9.58. The summed E-state index contributed by atoms with van der Waals surface area (Å²) in [4.78, 5) is 0. The Hall–Kier alpha value is -1.95. The average molecular weight is 470 g/mol. The van der Waals surface area contributed by atoms with Crippen LogP contribution >= 0.6 is 24.8 Å². The van der Waals surface area contributed by atoms with E-state index in [-0.39, 0.29) is 9.74 Å². The van der Waals surface area contributed by atoms with Crippen LogP contribution in [-0.4, -0.2) is 8.53 Å². The second kappa shape index (κ2) is 9.27. The van der Waals surface area contributed by atoms with Gasteiger partial charge in [-0.15, -0.1) is 12.6 Å². The Labute approximate surface area is 197 Å². The van der Waals surface area contributed by atoms with E-state index >= 15 is 4.21 Å². The molecule has 0 saturated heterocycles. The van der Waals surface area contributed by atoms with Crippen molar-refractivity contribution >= 4 is 38.4 Å². The van der Waals surface area contributed by atoms with Crippen molar-refractivity contribution in [1.29, 1.82) is 0 Å². The molecule has 5 heteroatoms. The van der Waals surface area contributed by atoms with E-state index in [2.05, 4.69) is 62.4 Å². The molecule has 0 saturated carbocycles. The SMILES string of the molecule is CC(C)(C)c1ccc(CS(=O)(Cc2ccccc2)(Cc2ccccc2)NC(=S)S)cc1. The molecule has 2 nitrogen and oxygen atoms in total. The van der Waals surface area contributed by atoms with Gasteiger partial charge < -0.3 is 4.72 Å². The Balaban J connectivity index is 2.08. The van der Waals surface area contributed by atoms with E-state index in [0.717, 1.165) is 16.7 Å². The Morgan fingerprint density at radius 1 is 0.774 bits per heavy atom. The fourth-order valence-corrected chi connectivity index (χ4v) is 9.08. The summed E-state index contributed by atoms with van der Waals surface area (Å²) in [5.74, 6) is 1.15. The Kier molecular flexibility index (Phi) is 7.09. The molecule has 0 aliphatic rings. The lowest BCUT2D eigenvalue weighted by Gasteiger charge is -2.44. The van der Waals surface area contributed by atoms with Gasteiger partial charge in [-0.05, 0) is 36.9 Å². The molecule has 3 aromatic carbocycles. The third-order valence-electron chi connectivity index (χ3n) is 5.36. The van der Waals surface area contributed by atoms with Gasteiger partial charge in [-0.25, -0.2) is 0 Å². The van der Waals surface area contributed by atoms with Gasteiger partial charge in [0.25, 0.3) is 0 Å². The van der Waals surface area contributed by atoms with Crippen molar-refractivity contribution in [1.82, 2.24) is 4.72 Å². The van der Waals surface area contributed by atoms with E-state index in [9.17, 15) is 0 Å². The molecule has 0 bridgehead atoms. The normalized spacial score (nSPS) is 13.2. The summed E-state index contributed by atoms with van der Waals surface area (Å²) in [5.41, 5.74) is 4.37. The lowest BCUT2D eigenvalue weighted by atomic mass is 9.87. The Morgan fingerprint density at radius 3 is 1.52 bits per heavy atom. The summed E-state index contributed by atoms with van der Waals surface area (Å²) >= 11 is 9.66. The lowest BCUT2D eigenvalue weighted by Crippen LogP contribution is -2.53. The molecule has 3 rings (SSSR count). The third kappa shape index (κ3) is 6.52. The van der Waals surface area contributed by atoms with Crippen molar-refractivity contribution in [3.05, 3.63) is 107 Å². The molecule has 0 unspecified atom stereocenters. The van der Waals surface area contributed by atoms with E-state index in [1.165, 1.54) is 5.56 Å². The Bertz CT molecular complexity index is 1040. The van der Waals surface area contributed by atoms with Crippen molar-refractivity contribution in [2.45, 2.75) is 43.4 Å². The molecule has 0 spiro atoms. The van der Waals surface area contributed by atoms with Crippen LogP contribution in [-0.2, 0) is 31.9 Å². The maximum Gasteiger partial charge on any atom is 0.141 e. The van der Waals surface area contributed by atoms with Crippen LogP contribution in [0.4, 0.5) is 0 Å². The van der Waals surface area contributed by atoms with Crippen molar-refractivity contribution in [3.8, 4) is 0 Å². The smallest absolute Gasteiger partial charge is 0.141 e. The first-order chi connectivity index (χ1) is 14.6. The fourth-order valence-electron chi connectivity index (χ4n) is 3.89. The van der Waals surface area contributed by atoms with E-state index < -0.39 is 9.25 Å². The zero-order valence-corrected chi connectivity index (χ0v) is 20.9. The highest BCUT2D eigenvalue weighted by atomic mass is 32.3. The van der Waals surface area contributed by atoms with E-state index in [4.69, 9.17) is 12.2 Å². The molecule has 0 amide bonds. The summed E-state index contributed by atoms with van der Waals surface area (Å²) < 4.78 is 18.6. The van der Waals surface area contributed by atoms with Crippen LogP contribution in [0.1, 0.15) is 43.0 Å². The molecule has 0 atom stereocenters. The van der Waals surface area contributed by atoms with Gasteiger partial charge in [0.05, 0.1) is 0 Å². The number of hydrogen-bond donors (Lipinski definition) is 2. The first-order valence-corrected chi connectivity index (χ1v) is 13.7. The minimum Gasteiger partial charge on any atom is -0.310 e. The van der Waals surface area contributed by atoms with Crippen LogP contribution in [0.15, 0.2) is 84.9 Å². The molecule has 3 aromatic rings. The van der Waals surface area contributed by atoms with E-state index in [0.29, 0.717) is 17.3 Å². The molecular formula is C26H31NOS3. The van der Waals surface area contributed by atoms with Crippen molar-refractivity contribution in [3.63, 3.8) is 0 Å². The van der Waals surface area contributed by atoms with Crippen LogP contribution in [0.2, 0.25) is 0 Å². The van der Waals surface area contributed by atoms with Crippen molar-refractivity contribution in [2.75, 3.05) is 0 Å². The molecule has 0 radical (unpaired) electrons. The zero-order chi connectivity index (χ0) is 22.6. The van der Waals surface area contributed by atoms with Gasteiger partial charge in [0.15, 0.2) is 0 Å². The lowest BCUT2D eigenvalue weighted by molar-refractivity contribution is 0.590. The highest BCUT2D eigenvalue weighted by molar-refractivity contribution is 8.20. The minimum absolute atomic E-state index is 0.0681. The molecule has 0 aliphatic carbocycles. The number of nitrogens with one attached hydrogen (secondary N) is 1. The maximum atomic E-state index is 15.1. The maximum absolute atomic E-state index is 15.1. The van der Waals surface area contributed by atoms with Crippen LogP contribution in [0.3, 0.4) is 0 Å². The highest BCUT2D eigenvalue weighted by Gasteiger charge is 2.38. The fraction of sp³-hybridized carbons (Fsp3) is 0.269. The molecule has 164 valence electrons. The highest BCUT2D eigenvalue weighted by Crippen LogP contribution is 2.36. The second-order valence-corrected chi connectivity index (χ2v) is 14.4. The standard InChI is InChI=1S/C26H31NOS3/c1-26(2,3)24-16-14-23(15-17-24)20-31(28,27-25(29)30,18-21-10-6-4-7-11-21)19-22-12-8-5-9-13-22/h4-17H,18-20H2,1-3H3,(H2,27,28,29,30). The van der Waals surface area contributed by atoms with Gasteiger partial charge >= 0.3 is 0 Å². The number of rotatable bonds is 7. The van der Waals surface area contributed by atoms with Gasteiger partial charge in [0, 0.05) is 17.3 Å². The summed E-state index contributed by atoms with van der Waals surface area (Å²) in [6.45, 7) is 6.58. The second-order valence-electron chi connectivity index (χ2n) is 9.24. The molecule has 0 fully saturated rings. The Morgan fingerprint density at radius 2 is 1.16 bits per heavy atom. The average Bonchev–Trinajstić information content (AvgIpc) is 2.68. The number of benzene rings is 3. The van der Waals surface area contributed by atoms with Gasteiger partial charge in [-0.1, -0.05) is 118 Å². The van der Waals surface area contributed by atoms with Crippen LogP contribution in [0, 0.1) is 0 Å². The van der Waals surface area contributed by atoms with Crippen molar-refractivity contribution < 1.29 is 4.21 Å². The molecule has 1 N–H and O–H groups in total. The number of thiocarbonyl (C=S) groups is 1.